The van der Waals surface area contributed by atoms with Crippen LogP contribution in [0.2, 0.25) is 0 Å². The molecule has 9 nitrogen and oxygen atoms in total. The molecule has 0 spiro atoms. The van der Waals surface area contributed by atoms with E-state index in [1.54, 1.807) is 6.08 Å². The summed E-state index contributed by atoms with van der Waals surface area (Å²) in [7, 11) is 1.53. The van der Waals surface area contributed by atoms with Crippen LogP contribution in [0.25, 0.3) is 17.1 Å². The molecule has 2 heterocycles. The molecular weight excluding hydrogens is 406 g/mol. The zero-order valence-electron chi connectivity index (χ0n) is 18.0. The van der Waals surface area contributed by atoms with Gasteiger partial charge in [-0.1, -0.05) is 0 Å². The van der Waals surface area contributed by atoms with Crippen LogP contribution < -0.4 is 14.8 Å². The first kappa shape index (κ1) is 19.8. The minimum atomic E-state index is -0.181. The number of methoxy groups -OCH3 is 1. The van der Waals surface area contributed by atoms with Crippen molar-refractivity contribution in [1.29, 1.82) is 10.5 Å². The summed E-state index contributed by atoms with van der Waals surface area (Å²) in [4.78, 5) is 9.22. The highest BCUT2D eigenvalue weighted by Gasteiger charge is 2.69. The third-order valence-corrected chi connectivity index (χ3v) is 6.22. The molecule has 0 atom stereocenters. The number of aromatic nitrogens is 4. The molecule has 0 unspecified atom stereocenters. The average Bonchev–Trinajstić information content (AvgIpc) is 3.13. The monoisotopic (exact) mass is 427 g/mol. The molecule has 9 heteroatoms. The maximum Gasteiger partial charge on any atom is 0.259 e. The van der Waals surface area contributed by atoms with E-state index in [9.17, 15) is 5.26 Å². The molecule has 6 rings (SSSR count). The van der Waals surface area contributed by atoms with Gasteiger partial charge < -0.3 is 14.8 Å². The van der Waals surface area contributed by atoms with Crippen LogP contribution in [0.1, 0.15) is 36.0 Å². The Kier molecular flexibility index (Phi) is 4.31. The predicted octanol–water partition coefficient (Wildman–Crippen LogP) is 4.17. The summed E-state index contributed by atoms with van der Waals surface area (Å²) >= 11 is 0. The Morgan fingerprint density at radius 2 is 1.84 bits per heavy atom. The standard InChI is InChI=1S/C23H21N7O2/c1-13-7-15(5-4-6-24)8-14(2)18(13)32-19-17-16(20(31-3)30-29-17)26-21(27-19)28-23-9-22(10-23,11-23)12-25/h4-5,7-8H,9-11H2,1-3H3,(H,29,30)(H,26,27,28)/b5-4+. The molecule has 2 aromatic heterocycles. The average molecular weight is 427 g/mol. The molecule has 3 fully saturated rings. The Labute approximate surface area is 184 Å². The van der Waals surface area contributed by atoms with Crippen molar-refractivity contribution in [2.75, 3.05) is 12.4 Å². The molecule has 1 aromatic carbocycles. The van der Waals surface area contributed by atoms with Gasteiger partial charge in [0.05, 0.1) is 24.7 Å². The van der Waals surface area contributed by atoms with Crippen LogP contribution >= 0.6 is 0 Å². The highest BCUT2D eigenvalue weighted by atomic mass is 16.5. The Balaban J connectivity index is 1.51. The number of hydrogen-bond acceptors (Lipinski definition) is 8. The smallest absolute Gasteiger partial charge is 0.259 e. The number of nitrogens with one attached hydrogen (secondary N) is 2. The second-order valence-corrected chi connectivity index (χ2v) is 8.68. The molecule has 2 bridgehead atoms. The number of benzene rings is 1. The molecule has 0 aliphatic heterocycles. The minimum absolute atomic E-state index is 0.127. The lowest BCUT2D eigenvalue weighted by molar-refractivity contribution is -0.0665. The molecular formula is C23H21N7O2. The van der Waals surface area contributed by atoms with Gasteiger partial charge in [-0.25, -0.2) is 4.98 Å². The van der Waals surface area contributed by atoms with Crippen LogP contribution in [0.5, 0.6) is 17.5 Å². The van der Waals surface area contributed by atoms with Gasteiger partial charge in [0.25, 0.3) is 11.8 Å². The van der Waals surface area contributed by atoms with E-state index in [-0.39, 0.29) is 11.0 Å². The summed E-state index contributed by atoms with van der Waals surface area (Å²) in [6.07, 6.45) is 5.59. The number of rotatable bonds is 6. The molecule has 32 heavy (non-hydrogen) atoms. The number of anilines is 1. The van der Waals surface area contributed by atoms with Gasteiger partial charge in [-0.05, 0) is 68.0 Å². The van der Waals surface area contributed by atoms with E-state index in [0.717, 1.165) is 36.0 Å². The first-order valence-electron chi connectivity index (χ1n) is 10.2. The number of aryl methyl sites for hydroxylation is 2. The fourth-order valence-electron chi connectivity index (χ4n) is 4.87. The van der Waals surface area contributed by atoms with Crippen LogP contribution in [0.4, 0.5) is 5.95 Å². The van der Waals surface area contributed by atoms with Crippen molar-refractivity contribution < 1.29 is 9.47 Å². The zero-order chi connectivity index (χ0) is 22.5. The van der Waals surface area contributed by atoms with E-state index >= 15 is 0 Å². The SMILES string of the molecule is COc1n[nH]c2c(Oc3c(C)cc(/C=C/C#N)cc3C)nc(NC34CC(C#N)(C3)C4)nc12. The molecule has 3 aliphatic carbocycles. The second-order valence-electron chi connectivity index (χ2n) is 8.68. The lowest BCUT2D eigenvalue weighted by Gasteiger charge is -2.66. The van der Waals surface area contributed by atoms with Crippen molar-refractivity contribution in [1.82, 2.24) is 20.2 Å². The lowest BCUT2D eigenvalue weighted by Crippen LogP contribution is -2.70. The molecule has 0 radical (unpaired) electrons. The fourth-order valence-corrected chi connectivity index (χ4v) is 4.87. The molecule has 0 amide bonds. The molecule has 0 saturated heterocycles. The van der Waals surface area contributed by atoms with E-state index in [1.165, 1.54) is 13.2 Å². The largest absolute Gasteiger partial charge is 0.478 e. The Bertz CT molecular complexity index is 1320. The molecule has 3 aliphatic rings. The number of hydrogen-bond donors (Lipinski definition) is 2. The highest BCUT2D eigenvalue weighted by Crippen LogP contribution is 2.67. The first-order chi connectivity index (χ1) is 15.4. The van der Waals surface area contributed by atoms with Gasteiger partial charge in [-0.3, -0.25) is 5.10 Å². The molecule has 160 valence electrons. The van der Waals surface area contributed by atoms with Crippen molar-refractivity contribution in [3.63, 3.8) is 0 Å². The van der Waals surface area contributed by atoms with Crippen molar-refractivity contribution >= 4 is 23.1 Å². The Hall–Kier alpha value is -4.11. The Morgan fingerprint density at radius 1 is 1.12 bits per heavy atom. The van der Waals surface area contributed by atoms with Crippen LogP contribution in [0.15, 0.2) is 18.2 Å². The maximum absolute atomic E-state index is 9.30. The third kappa shape index (κ3) is 3.02. The summed E-state index contributed by atoms with van der Waals surface area (Å²) in [5.41, 5.74) is 3.48. The summed E-state index contributed by atoms with van der Waals surface area (Å²) in [6.45, 7) is 3.89. The van der Waals surface area contributed by atoms with Crippen molar-refractivity contribution in [3.8, 4) is 29.6 Å². The minimum Gasteiger partial charge on any atom is -0.478 e. The first-order valence-corrected chi connectivity index (χ1v) is 10.2. The van der Waals surface area contributed by atoms with Crippen LogP contribution in [-0.2, 0) is 0 Å². The highest BCUT2D eigenvalue weighted by molar-refractivity contribution is 5.85. The summed E-state index contributed by atoms with van der Waals surface area (Å²) < 4.78 is 11.6. The number of nitriles is 2. The zero-order valence-corrected chi connectivity index (χ0v) is 18.0. The summed E-state index contributed by atoms with van der Waals surface area (Å²) in [5.74, 6) is 1.78. The normalized spacial score (nSPS) is 23.2. The van der Waals surface area contributed by atoms with Gasteiger partial charge in [-0.2, -0.15) is 15.5 Å². The van der Waals surface area contributed by atoms with E-state index in [4.69, 9.17) is 14.7 Å². The number of ether oxygens (including phenoxy) is 2. The summed E-state index contributed by atoms with van der Waals surface area (Å²) in [5, 5.41) is 28.6. The van der Waals surface area contributed by atoms with E-state index in [1.807, 2.05) is 32.0 Å². The number of aromatic amines is 1. The number of allylic oxidation sites excluding steroid dienone is 1. The van der Waals surface area contributed by atoms with Crippen LogP contribution in [0.3, 0.4) is 0 Å². The molecule has 3 saturated carbocycles. The quantitative estimate of drug-likeness (QED) is 0.560. The fraction of sp³-hybridized carbons (Fsp3) is 0.348. The van der Waals surface area contributed by atoms with E-state index in [2.05, 4.69) is 31.6 Å². The van der Waals surface area contributed by atoms with Crippen molar-refractivity contribution in [3.05, 3.63) is 34.9 Å². The van der Waals surface area contributed by atoms with Gasteiger partial charge in [-0.15, -0.1) is 5.10 Å². The molecule has 3 aromatic rings. The van der Waals surface area contributed by atoms with E-state index in [0.29, 0.717) is 34.5 Å². The lowest BCUT2D eigenvalue weighted by atomic mass is 9.40. The van der Waals surface area contributed by atoms with Gasteiger partial charge in [0, 0.05) is 11.6 Å². The third-order valence-electron chi connectivity index (χ3n) is 6.22. The maximum atomic E-state index is 9.30. The van der Waals surface area contributed by atoms with Gasteiger partial charge in [0.2, 0.25) is 5.95 Å². The summed E-state index contributed by atoms with van der Waals surface area (Å²) in [6, 6.07) is 8.31. The van der Waals surface area contributed by atoms with Crippen molar-refractivity contribution in [2.45, 2.75) is 38.6 Å². The number of H-pyrrole nitrogens is 1. The number of fused-ring (bicyclic) bond motifs is 1. The number of nitrogens with zero attached hydrogens (tertiary/aromatic N) is 5. The van der Waals surface area contributed by atoms with Gasteiger partial charge in [0.1, 0.15) is 5.75 Å². The van der Waals surface area contributed by atoms with Crippen LogP contribution in [0, 0.1) is 41.9 Å². The topological polar surface area (TPSA) is 133 Å². The van der Waals surface area contributed by atoms with Crippen LogP contribution in [-0.4, -0.2) is 32.8 Å². The predicted molar refractivity (Wildman–Crippen MR) is 117 cm³/mol. The van der Waals surface area contributed by atoms with Gasteiger partial charge in [0.15, 0.2) is 11.0 Å². The van der Waals surface area contributed by atoms with Gasteiger partial charge >= 0.3 is 0 Å². The molecule has 2 N–H and O–H groups in total. The van der Waals surface area contributed by atoms with Crippen molar-refractivity contribution in [2.24, 2.45) is 5.41 Å². The Morgan fingerprint density at radius 3 is 2.47 bits per heavy atom. The van der Waals surface area contributed by atoms with E-state index < -0.39 is 0 Å². The second kappa shape index (κ2) is 6.96.